The number of nitrogens with two attached hydrogens (primary N) is 1. The number of aliphatic hydroxyl groups excluding tert-OH is 1. The first-order valence-electron chi connectivity index (χ1n) is 4.77. The maximum Gasteiger partial charge on any atom is 0.0876 e. The van der Waals surface area contributed by atoms with Crippen LogP contribution in [-0.4, -0.2) is 18.3 Å². The lowest BCUT2D eigenvalue weighted by Crippen LogP contribution is -2.23. The summed E-state index contributed by atoms with van der Waals surface area (Å²) in [6, 6.07) is 5.41. The highest BCUT2D eigenvalue weighted by Crippen LogP contribution is 2.29. The van der Waals surface area contributed by atoms with E-state index >= 15 is 0 Å². The van der Waals surface area contributed by atoms with Crippen LogP contribution in [0.25, 0.3) is 0 Å². The van der Waals surface area contributed by atoms with Gasteiger partial charge in [0, 0.05) is 0 Å². The van der Waals surface area contributed by atoms with Gasteiger partial charge in [0.1, 0.15) is 0 Å². The normalized spacial score (nSPS) is 11.7. The van der Waals surface area contributed by atoms with E-state index in [1.54, 1.807) is 12.1 Å². The van der Waals surface area contributed by atoms with Crippen LogP contribution in [0.3, 0.4) is 0 Å². The SMILES string of the molecule is CC(C)(OCCO)c1ccc(N)c(Cl)c1. The summed E-state index contributed by atoms with van der Waals surface area (Å²) >= 11 is 5.92. The molecule has 1 aromatic carbocycles. The minimum atomic E-state index is -0.472. The van der Waals surface area contributed by atoms with Gasteiger partial charge >= 0.3 is 0 Å². The highest BCUT2D eigenvalue weighted by Gasteiger charge is 2.21. The van der Waals surface area contributed by atoms with Crippen molar-refractivity contribution in [3.63, 3.8) is 0 Å². The molecule has 0 aromatic heterocycles. The third-order valence-corrected chi connectivity index (χ3v) is 2.58. The fourth-order valence-electron chi connectivity index (χ4n) is 1.29. The molecule has 84 valence electrons. The molecule has 0 radical (unpaired) electrons. The minimum absolute atomic E-state index is 0.00609. The van der Waals surface area contributed by atoms with Crippen LogP contribution < -0.4 is 5.73 Å². The van der Waals surface area contributed by atoms with Crippen LogP contribution in [0.5, 0.6) is 0 Å². The van der Waals surface area contributed by atoms with Gasteiger partial charge in [-0.1, -0.05) is 17.7 Å². The average molecular weight is 230 g/mol. The highest BCUT2D eigenvalue weighted by atomic mass is 35.5. The third-order valence-electron chi connectivity index (χ3n) is 2.25. The molecule has 0 bridgehead atoms. The number of hydrogen-bond acceptors (Lipinski definition) is 3. The van der Waals surface area contributed by atoms with E-state index in [1.807, 2.05) is 19.9 Å². The highest BCUT2D eigenvalue weighted by molar-refractivity contribution is 6.33. The van der Waals surface area contributed by atoms with Crippen molar-refractivity contribution < 1.29 is 9.84 Å². The number of hydrogen-bond donors (Lipinski definition) is 2. The van der Waals surface area contributed by atoms with Gasteiger partial charge in [0.05, 0.1) is 29.5 Å². The summed E-state index contributed by atoms with van der Waals surface area (Å²) in [6.07, 6.45) is 0. The largest absolute Gasteiger partial charge is 0.398 e. The van der Waals surface area contributed by atoms with Gasteiger partial charge in [-0.05, 0) is 31.5 Å². The average Bonchev–Trinajstić information content (AvgIpc) is 2.19. The Morgan fingerprint density at radius 2 is 2.13 bits per heavy atom. The molecule has 0 spiro atoms. The topological polar surface area (TPSA) is 55.5 Å². The van der Waals surface area contributed by atoms with Crippen molar-refractivity contribution in [2.45, 2.75) is 19.4 Å². The van der Waals surface area contributed by atoms with Crippen molar-refractivity contribution in [3.05, 3.63) is 28.8 Å². The first kappa shape index (κ1) is 12.3. The number of rotatable bonds is 4. The molecular formula is C11H16ClNO2. The first-order valence-corrected chi connectivity index (χ1v) is 5.15. The van der Waals surface area contributed by atoms with Gasteiger partial charge in [-0.25, -0.2) is 0 Å². The zero-order valence-corrected chi connectivity index (χ0v) is 9.71. The molecule has 1 aromatic rings. The minimum Gasteiger partial charge on any atom is -0.398 e. The van der Waals surface area contributed by atoms with Crippen LogP contribution in [0.15, 0.2) is 18.2 Å². The number of halogens is 1. The van der Waals surface area contributed by atoms with Crippen molar-refractivity contribution >= 4 is 17.3 Å². The number of ether oxygens (including phenoxy) is 1. The number of benzene rings is 1. The Labute approximate surface area is 94.8 Å². The molecule has 0 amide bonds. The molecule has 3 nitrogen and oxygen atoms in total. The molecule has 0 fully saturated rings. The van der Waals surface area contributed by atoms with Gasteiger partial charge in [-0.2, -0.15) is 0 Å². The molecule has 0 aliphatic heterocycles. The van der Waals surface area contributed by atoms with Crippen LogP contribution in [-0.2, 0) is 10.3 Å². The van der Waals surface area contributed by atoms with Crippen molar-refractivity contribution in [1.29, 1.82) is 0 Å². The molecule has 0 aliphatic rings. The Morgan fingerprint density at radius 1 is 1.47 bits per heavy atom. The maximum atomic E-state index is 8.70. The van der Waals surface area contributed by atoms with Crippen molar-refractivity contribution in [2.75, 3.05) is 18.9 Å². The van der Waals surface area contributed by atoms with E-state index in [0.29, 0.717) is 17.3 Å². The monoisotopic (exact) mass is 229 g/mol. The summed E-state index contributed by atoms with van der Waals surface area (Å²) < 4.78 is 5.51. The summed E-state index contributed by atoms with van der Waals surface area (Å²) in [5.74, 6) is 0. The fourth-order valence-corrected chi connectivity index (χ4v) is 1.47. The second-order valence-electron chi connectivity index (χ2n) is 3.82. The van der Waals surface area contributed by atoms with Crippen LogP contribution in [0.1, 0.15) is 19.4 Å². The number of aliphatic hydroxyl groups is 1. The van der Waals surface area contributed by atoms with E-state index in [-0.39, 0.29) is 6.61 Å². The molecule has 0 unspecified atom stereocenters. The molecule has 1 rings (SSSR count). The van der Waals surface area contributed by atoms with Gasteiger partial charge in [0.25, 0.3) is 0 Å². The summed E-state index contributed by atoms with van der Waals surface area (Å²) in [6.45, 7) is 4.15. The molecule has 3 N–H and O–H groups in total. The second kappa shape index (κ2) is 4.84. The lowest BCUT2D eigenvalue weighted by molar-refractivity contribution is -0.0369. The zero-order chi connectivity index (χ0) is 11.5. The van der Waals surface area contributed by atoms with Crippen LogP contribution >= 0.6 is 11.6 Å². The molecule has 0 heterocycles. The Kier molecular flexibility index (Phi) is 3.97. The van der Waals surface area contributed by atoms with Crippen LogP contribution in [0.2, 0.25) is 5.02 Å². The van der Waals surface area contributed by atoms with E-state index < -0.39 is 5.60 Å². The van der Waals surface area contributed by atoms with E-state index in [0.717, 1.165) is 5.56 Å². The number of anilines is 1. The Bertz CT molecular complexity index is 339. The third kappa shape index (κ3) is 3.09. The summed E-state index contributed by atoms with van der Waals surface area (Å²) in [5, 5.41) is 9.23. The second-order valence-corrected chi connectivity index (χ2v) is 4.23. The van der Waals surface area contributed by atoms with Gasteiger partial charge in [-0.15, -0.1) is 0 Å². The molecule has 0 saturated carbocycles. The molecule has 0 atom stereocenters. The van der Waals surface area contributed by atoms with Crippen molar-refractivity contribution in [2.24, 2.45) is 0 Å². The van der Waals surface area contributed by atoms with Gasteiger partial charge in [0.2, 0.25) is 0 Å². The standard InChI is InChI=1S/C11H16ClNO2/c1-11(2,15-6-5-14)8-3-4-10(13)9(12)7-8/h3-4,7,14H,5-6,13H2,1-2H3. The summed E-state index contributed by atoms with van der Waals surface area (Å²) in [5.41, 5.74) is 6.64. The van der Waals surface area contributed by atoms with Gasteiger partial charge < -0.3 is 15.6 Å². The van der Waals surface area contributed by atoms with Crippen molar-refractivity contribution in [3.8, 4) is 0 Å². The quantitative estimate of drug-likeness (QED) is 0.778. The Morgan fingerprint density at radius 3 is 2.67 bits per heavy atom. The molecule has 15 heavy (non-hydrogen) atoms. The van der Waals surface area contributed by atoms with E-state index in [1.165, 1.54) is 0 Å². The predicted molar refractivity (Wildman–Crippen MR) is 61.9 cm³/mol. The fraction of sp³-hybridized carbons (Fsp3) is 0.455. The Hall–Kier alpha value is -0.770. The van der Waals surface area contributed by atoms with E-state index in [9.17, 15) is 0 Å². The Balaban J connectivity index is 2.89. The van der Waals surface area contributed by atoms with Crippen LogP contribution in [0.4, 0.5) is 5.69 Å². The van der Waals surface area contributed by atoms with Crippen LogP contribution in [0, 0.1) is 0 Å². The van der Waals surface area contributed by atoms with E-state index in [4.69, 9.17) is 27.2 Å². The zero-order valence-electron chi connectivity index (χ0n) is 8.96. The molecule has 4 heteroatoms. The first-order chi connectivity index (χ1) is 6.97. The van der Waals surface area contributed by atoms with Gasteiger partial charge in [0.15, 0.2) is 0 Å². The smallest absolute Gasteiger partial charge is 0.0876 e. The maximum absolute atomic E-state index is 8.70. The van der Waals surface area contributed by atoms with E-state index in [2.05, 4.69) is 0 Å². The predicted octanol–water partition coefficient (Wildman–Crippen LogP) is 2.17. The number of nitrogen functional groups attached to an aromatic ring is 1. The molecule has 0 saturated heterocycles. The van der Waals surface area contributed by atoms with Gasteiger partial charge in [-0.3, -0.25) is 0 Å². The summed E-state index contributed by atoms with van der Waals surface area (Å²) in [4.78, 5) is 0. The molecule has 0 aliphatic carbocycles. The summed E-state index contributed by atoms with van der Waals surface area (Å²) in [7, 11) is 0. The lowest BCUT2D eigenvalue weighted by Gasteiger charge is -2.26. The molecular weight excluding hydrogens is 214 g/mol. The lowest BCUT2D eigenvalue weighted by atomic mass is 9.98. The van der Waals surface area contributed by atoms with Crippen molar-refractivity contribution in [1.82, 2.24) is 0 Å².